The molecule has 82 valence electrons. The highest BCUT2D eigenvalue weighted by molar-refractivity contribution is 9.09. The Morgan fingerprint density at radius 2 is 1.87 bits per heavy atom. The van der Waals surface area contributed by atoms with Crippen LogP contribution in [-0.2, 0) is 6.42 Å². The molecule has 0 saturated carbocycles. The largest absolute Gasteiger partial charge is 0.493 e. The van der Waals surface area contributed by atoms with Crippen LogP contribution in [0.25, 0.3) is 0 Å². The summed E-state index contributed by atoms with van der Waals surface area (Å²) in [6, 6.07) is 4.19. The number of methoxy groups -OCH3 is 2. The lowest BCUT2D eigenvalue weighted by Crippen LogP contribution is -2.06. The van der Waals surface area contributed by atoms with Crippen molar-refractivity contribution in [3.05, 3.63) is 23.3 Å². The first kappa shape index (κ1) is 10.8. The molecule has 0 saturated heterocycles. The van der Waals surface area contributed by atoms with Crippen LogP contribution in [-0.4, -0.2) is 14.2 Å². The molecule has 3 heteroatoms. The first-order valence-corrected chi connectivity index (χ1v) is 6.06. The minimum atomic E-state index is 0.459. The molecule has 0 amide bonds. The average molecular weight is 271 g/mol. The number of alkyl halides is 1. The Morgan fingerprint density at radius 1 is 1.20 bits per heavy atom. The summed E-state index contributed by atoms with van der Waals surface area (Å²) in [4.78, 5) is 0.459. The van der Waals surface area contributed by atoms with Gasteiger partial charge in [-0.3, -0.25) is 0 Å². The number of rotatable bonds is 2. The molecule has 1 aromatic carbocycles. The number of ether oxygens (including phenoxy) is 2. The van der Waals surface area contributed by atoms with Crippen molar-refractivity contribution in [2.45, 2.75) is 24.1 Å². The first-order chi connectivity index (χ1) is 7.26. The van der Waals surface area contributed by atoms with E-state index in [0.717, 1.165) is 17.9 Å². The van der Waals surface area contributed by atoms with Gasteiger partial charge in [0.15, 0.2) is 11.5 Å². The fourth-order valence-electron chi connectivity index (χ4n) is 2.07. The first-order valence-electron chi connectivity index (χ1n) is 5.15. The quantitative estimate of drug-likeness (QED) is 0.767. The third-order valence-corrected chi connectivity index (χ3v) is 3.84. The number of halogens is 1. The van der Waals surface area contributed by atoms with E-state index in [2.05, 4.69) is 28.1 Å². The zero-order chi connectivity index (χ0) is 10.8. The number of aryl methyl sites for hydroxylation is 1. The summed E-state index contributed by atoms with van der Waals surface area (Å²) in [5, 5.41) is 0. The van der Waals surface area contributed by atoms with E-state index in [4.69, 9.17) is 9.47 Å². The molecule has 1 aromatic rings. The fourth-order valence-corrected chi connectivity index (χ4v) is 2.82. The third-order valence-electron chi connectivity index (χ3n) is 2.89. The van der Waals surface area contributed by atoms with Gasteiger partial charge >= 0.3 is 0 Å². The maximum absolute atomic E-state index is 5.30. The summed E-state index contributed by atoms with van der Waals surface area (Å²) in [5.41, 5.74) is 2.72. The molecule has 1 aliphatic carbocycles. The Bertz CT molecular complexity index is 363. The standard InChI is InChI=1S/C12H15BrO2/c1-14-11-6-8-4-3-5-10(13)9(8)7-12(11)15-2/h6-7,10H,3-5H2,1-2H3. The summed E-state index contributed by atoms with van der Waals surface area (Å²) in [5.74, 6) is 1.65. The summed E-state index contributed by atoms with van der Waals surface area (Å²) in [6.07, 6.45) is 3.57. The van der Waals surface area contributed by atoms with Gasteiger partial charge in [-0.2, -0.15) is 0 Å². The second-order valence-corrected chi connectivity index (χ2v) is 4.87. The number of benzene rings is 1. The lowest BCUT2D eigenvalue weighted by Gasteiger charge is -2.22. The Morgan fingerprint density at radius 3 is 2.53 bits per heavy atom. The van der Waals surface area contributed by atoms with E-state index in [1.165, 1.54) is 24.0 Å². The summed E-state index contributed by atoms with van der Waals surface area (Å²) in [7, 11) is 3.36. The van der Waals surface area contributed by atoms with Gasteiger partial charge in [0, 0.05) is 4.83 Å². The van der Waals surface area contributed by atoms with Crippen LogP contribution in [0.15, 0.2) is 12.1 Å². The number of hydrogen-bond donors (Lipinski definition) is 0. The van der Waals surface area contributed by atoms with Crippen molar-refractivity contribution in [2.24, 2.45) is 0 Å². The maximum atomic E-state index is 5.30. The molecular weight excluding hydrogens is 256 g/mol. The molecule has 1 unspecified atom stereocenters. The molecule has 0 spiro atoms. The smallest absolute Gasteiger partial charge is 0.161 e. The topological polar surface area (TPSA) is 18.5 Å². The van der Waals surface area contributed by atoms with E-state index in [9.17, 15) is 0 Å². The minimum Gasteiger partial charge on any atom is -0.493 e. The second-order valence-electron chi connectivity index (χ2n) is 3.77. The summed E-state index contributed by atoms with van der Waals surface area (Å²) >= 11 is 3.70. The molecule has 0 bridgehead atoms. The van der Waals surface area contributed by atoms with Gasteiger partial charge in [0.2, 0.25) is 0 Å². The molecule has 15 heavy (non-hydrogen) atoms. The van der Waals surface area contributed by atoms with E-state index < -0.39 is 0 Å². The molecule has 1 atom stereocenters. The zero-order valence-corrected chi connectivity index (χ0v) is 10.6. The molecule has 0 aliphatic heterocycles. The van der Waals surface area contributed by atoms with Gasteiger partial charge in [0.05, 0.1) is 14.2 Å². The minimum absolute atomic E-state index is 0.459. The molecule has 2 nitrogen and oxygen atoms in total. The normalized spacial score (nSPS) is 19.5. The molecule has 0 N–H and O–H groups in total. The van der Waals surface area contributed by atoms with Crippen molar-refractivity contribution in [3.63, 3.8) is 0 Å². The van der Waals surface area contributed by atoms with Gasteiger partial charge < -0.3 is 9.47 Å². The SMILES string of the molecule is COc1cc2c(cc1OC)C(Br)CCC2. The van der Waals surface area contributed by atoms with Gasteiger partial charge in [-0.1, -0.05) is 15.9 Å². The molecule has 0 heterocycles. The summed E-state index contributed by atoms with van der Waals surface area (Å²) < 4.78 is 10.6. The Balaban J connectivity index is 2.48. The highest BCUT2D eigenvalue weighted by Gasteiger charge is 2.20. The Labute approximate surface area is 98.7 Å². The van der Waals surface area contributed by atoms with Crippen molar-refractivity contribution in [1.82, 2.24) is 0 Å². The van der Waals surface area contributed by atoms with Gasteiger partial charge in [0.1, 0.15) is 0 Å². The van der Waals surface area contributed by atoms with Crippen LogP contribution in [0.1, 0.15) is 28.8 Å². The predicted molar refractivity (Wildman–Crippen MR) is 64.2 cm³/mol. The third kappa shape index (κ3) is 1.98. The van der Waals surface area contributed by atoms with Gasteiger partial charge in [-0.05, 0) is 42.5 Å². The van der Waals surface area contributed by atoms with E-state index in [1.54, 1.807) is 14.2 Å². The number of fused-ring (bicyclic) bond motifs is 1. The number of hydrogen-bond acceptors (Lipinski definition) is 2. The predicted octanol–water partition coefficient (Wildman–Crippen LogP) is 3.48. The monoisotopic (exact) mass is 270 g/mol. The summed E-state index contributed by atoms with van der Waals surface area (Å²) in [6.45, 7) is 0. The van der Waals surface area contributed by atoms with E-state index in [1.807, 2.05) is 0 Å². The Hall–Kier alpha value is -0.700. The second kappa shape index (κ2) is 4.44. The van der Waals surface area contributed by atoms with Crippen LogP contribution in [0.4, 0.5) is 0 Å². The van der Waals surface area contributed by atoms with Crippen LogP contribution < -0.4 is 9.47 Å². The van der Waals surface area contributed by atoms with Gasteiger partial charge in [-0.15, -0.1) is 0 Å². The molecule has 0 fully saturated rings. The van der Waals surface area contributed by atoms with E-state index in [0.29, 0.717) is 4.83 Å². The zero-order valence-electron chi connectivity index (χ0n) is 9.05. The molecule has 0 aromatic heterocycles. The van der Waals surface area contributed by atoms with Gasteiger partial charge in [0.25, 0.3) is 0 Å². The molecule has 2 rings (SSSR count). The van der Waals surface area contributed by atoms with Crippen molar-refractivity contribution >= 4 is 15.9 Å². The van der Waals surface area contributed by atoms with Crippen LogP contribution in [0.5, 0.6) is 11.5 Å². The van der Waals surface area contributed by atoms with Gasteiger partial charge in [-0.25, -0.2) is 0 Å². The molecule has 1 aliphatic rings. The maximum Gasteiger partial charge on any atom is 0.161 e. The van der Waals surface area contributed by atoms with E-state index in [-0.39, 0.29) is 0 Å². The fraction of sp³-hybridized carbons (Fsp3) is 0.500. The highest BCUT2D eigenvalue weighted by atomic mass is 79.9. The van der Waals surface area contributed by atoms with Crippen LogP contribution in [0, 0.1) is 0 Å². The molecular formula is C12H15BrO2. The van der Waals surface area contributed by atoms with Crippen LogP contribution in [0.3, 0.4) is 0 Å². The van der Waals surface area contributed by atoms with E-state index >= 15 is 0 Å². The highest BCUT2D eigenvalue weighted by Crippen LogP contribution is 2.41. The van der Waals surface area contributed by atoms with Crippen molar-refractivity contribution in [1.29, 1.82) is 0 Å². The van der Waals surface area contributed by atoms with Crippen molar-refractivity contribution in [3.8, 4) is 11.5 Å². The van der Waals surface area contributed by atoms with Crippen LogP contribution in [0.2, 0.25) is 0 Å². The van der Waals surface area contributed by atoms with Crippen LogP contribution >= 0.6 is 15.9 Å². The molecule has 0 radical (unpaired) electrons. The lowest BCUT2D eigenvalue weighted by atomic mass is 9.91. The van der Waals surface area contributed by atoms with Crippen molar-refractivity contribution in [2.75, 3.05) is 14.2 Å². The average Bonchev–Trinajstić information content (AvgIpc) is 2.28. The van der Waals surface area contributed by atoms with Crippen molar-refractivity contribution < 1.29 is 9.47 Å². The Kier molecular flexibility index (Phi) is 3.19. The lowest BCUT2D eigenvalue weighted by molar-refractivity contribution is 0.353.